The number of nitrogens with two attached hydrogens (primary N) is 1. The lowest BCUT2D eigenvalue weighted by atomic mass is 10.1. The minimum Gasteiger partial charge on any atom is -0.387 e. The van der Waals surface area contributed by atoms with Crippen molar-refractivity contribution in [3.8, 4) is 0 Å². The molecule has 0 saturated carbocycles. The van der Waals surface area contributed by atoms with Crippen molar-refractivity contribution >= 4 is 50.9 Å². The predicted octanol–water partition coefficient (Wildman–Crippen LogP) is -0.521. The fraction of sp³-hybridized carbons (Fsp3) is 0.455. The molecule has 7 rings (SSSR count). The van der Waals surface area contributed by atoms with Crippen molar-refractivity contribution in [2.75, 3.05) is 18.9 Å². The van der Waals surface area contributed by atoms with Crippen LogP contribution in [0.25, 0.3) is 22.2 Å². The summed E-state index contributed by atoms with van der Waals surface area (Å²) in [5, 5.41) is 22.3. The fourth-order valence-corrected chi connectivity index (χ4v) is 6.93. The highest BCUT2D eigenvalue weighted by atomic mass is 31.2. The van der Waals surface area contributed by atoms with Gasteiger partial charge in [0.05, 0.1) is 44.5 Å². The quantitative estimate of drug-likeness (QED) is 0.159. The lowest BCUT2D eigenvalue weighted by molar-refractivity contribution is -0.0637. The van der Waals surface area contributed by atoms with E-state index in [0.717, 1.165) is 0 Å². The molecular weight excluding hydrogens is 611 g/mol. The average molecular weight is 639 g/mol. The Morgan fingerprint density at radius 3 is 2.33 bits per heavy atom. The number of ether oxygens (including phenoxy) is 2. The van der Waals surface area contributed by atoms with Crippen molar-refractivity contribution in [1.82, 2.24) is 29.1 Å². The lowest BCUT2D eigenvalue weighted by Gasteiger charge is -2.30. The molecule has 6 heterocycles. The number of rotatable bonds is 2. The van der Waals surface area contributed by atoms with Gasteiger partial charge in [-0.3, -0.25) is 13.6 Å². The first kappa shape index (κ1) is 28.9. The topological polar surface area (TPSA) is 238 Å². The summed E-state index contributed by atoms with van der Waals surface area (Å²) in [6.07, 6.45) is -6.34. The van der Waals surface area contributed by atoms with E-state index >= 15 is 0 Å². The minimum absolute atomic E-state index is 0. The minimum atomic E-state index is -4.90. The molecule has 3 aromatic heterocycles. The van der Waals surface area contributed by atoms with Crippen LogP contribution >= 0.6 is 15.3 Å². The Hall–Kier alpha value is -2.80. The standard InChI is InChI=1S/C22H27BN7O11P2/c23-42(33)36-5-12-16(32)18(21(38-12)29-8-27-10-3-1-2-4-11(10)29)41-43(34,35)37-6-13-15(31)17(40-42)22(39-13)30-9-28-14-19(24)25-7-26-20(14)30/h1-4,7-9,12-13,15-18,21-22,31-32H,5-6H2,23H3,(H,34,35)(H2,24,25,26)/q-1/p+1/t12-,13-,15?,16+,17+,18?,21-,22-,42?/m1/s1. The van der Waals surface area contributed by atoms with Crippen LogP contribution in [0.3, 0.4) is 0 Å². The van der Waals surface area contributed by atoms with Crippen LogP contribution < -0.4 is 5.73 Å². The number of fused-ring (bicyclic) bond motifs is 6. The highest BCUT2D eigenvalue weighted by Crippen LogP contribution is 2.53. The molecule has 4 aromatic rings. The molecule has 230 valence electrons. The number of nitrogen functional groups attached to an aromatic ring is 1. The molecule has 0 spiro atoms. The number of anilines is 1. The molecule has 43 heavy (non-hydrogen) atoms. The van der Waals surface area contributed by atoms with Crippen LogP contribution in [0.1, 0.15) is 13.9 Å². The number of aromatic nitrogens is 6. The van der Waals surface area contributed by atoms with E-state index in [1.807, 2.05) is 0 Å². The number of phosphoric ester groups is 1. The molecule has 5 N–H and O–H groups in total. The maximum absolute atomic E-state index is 13.7. The molecule has 1 aromatic carbocycles. The summed E-state index contributed by atoms with van der Waals surface area (Å²) >= 11 is 0. The van der Waals surface area contributed by atoms with E-state index in [2.05, 4.69) is 19.9 Å². The Morgan fingerprint density at radius 2 is 1.56 bits per heavy atom. The molecular formula is C22H28BN7O11P2. The highest BCUT2D eigenvalue weighted by Gasteiger charge is 2.52. The second-order valence-corrected chi connectivity index (χ2v) is 12.1. The van der Waals surface area contributed by atoms with Gasteiger partial charge in [-0.05, 0) is 12.1 Å². The van der Waals surface area contributed by atoms with Gasteiger partial charge in [-0.25, -0.2) is 24.5 Å². The zero-order valence-corrected chi connectivity index (χ0v) is 23.1. The molecule has 3 fully saturated rings. The van der Waals surface area contributed by atoms with Crippen LogP contribution in [0.4, 0.5) is 5.82 Å². The van der Waals surface area contributed by atoms with E-state index in [9.17, 15) is 24.2 Å². The second-order valence-electron chi connectivity index (χ2n) is 9.76. The van der Waals surface area contributed by atoms with Crippen molar-refractivity contribution in [1.29, 1.82) is 0 Å². The van der Waals surface area contributed by atoms with Crippen LogP contribution in [0.15, 0.2) is 43.2 Å². The molecule has 3 aliphatic heterocycles. The van der Waals surface area contributed by atoms with E-state index in [1.165, 1.54) is 23.5 Å². The molecule has 0 amide bonds. The first-order valence-corrected chi connectivity index (χ1v) is 15.2. The largest absolute Gasteiger partial charge is 1.00 e. The van der Waals surface area contributed by atoms with Gasteiger partial charge in [-0.15, -0.1) is 0 Å². The number of imidazole rings is 2. The van der Waals surface area contributed by atoms with Crippen molar-refractivity contribution in [2.45, 2.75) is 49.1 Å². The van der Waals surface area contributed by atoms with Gasteiger partial charge in [0.2, 0.25) is 0 Å². The first-order chi connectivity index (χ1) is 20.5. The summed E-state index contributed by atoms with van der Waals surface area (Å²) in [4.78, 5) is 27.3. The van der Waals surface area contributed by atoms with Gasteiger partial charge in [0.25, 0.3) is 0 Å². The lowest BCUT2D eigenvalue weighted by Crippen LogP contribution is -2.38. The fourth-order valence-electron chi connectivity index (χ4n) is 5.24. The summed E-state index contributed by atoms with van der Waals surface area (Å²) < 4.78 is 64.3. The molecule has 3 saturated heterocycles. The third-order valence-corrected chi connectivity index (χ3v) is 9.01. The molecule has 0 aliphatic carbocycles. The maximum Gasteiger partial charge on any atom is 1.00 e. The summed E-state index contributed by atoms with van der Waals surface area (Å²) in [5.74, 6) is 0.106. The Kier molecular flexibility index (Phi) is 7.19. The van der Waals surface area contributed by atoms with E-state index in [-0.39, 0.29) is 18.4 Å². The number of phosphoric acid groups is 1. The molecule has 10 atom stereocenters. The normalized spacial score (nSPS) is 38.9. The Labute approximate surface area is 244 Å². The molecule has 4 bridgehead atoms. The molecule has 4 unspecified atom stereocenters. The average Bonchev–Trinajstić information content (AvgIpc) is 3.72. The van der Waals surface area contributed by atoms with Gasteiger partial charge in [0, 0.05) is 0 Å². The number of hydrogen-bond donors (Lipinski definition) is 4. The van der Waals surface area contributed by atoms with Crippen LogP contribution in [0.5, 0.6) is 0 Å². The SMILES string of the molecule is [BH3-]P1(=O)OC[C@H]2O[C@@H](n3cnc4ccccc43)C(OP(=O)(O)OC[C@H]3O[C@@H](n4cnc5c(N)ncnc54)[C@@H](O1)C3O)[C@H]2O.[H+]. The third-order valence-electron chi connectivity index (χ3n) is 7.25. The van der Waals surface area contributed by atoms with Crippen LogP contribution in [0, 0.1) is 0 Å². The van der Waals surface area contributed by atoms with Crippen molar-refractivity contribution in [2.24, 2.45) is 0 Å². The van der Waals surface area contributed by atoms with Crippen molar-refractivity contribution in [3.63, 3.8) is 0 Å². The first-order valence-electron chi connectivity index (χ1n) is 12.6. The van der Waals surface area contributed by atoms with E-state index < -0.39 is 85.2 Å². The number of aliphatic hydroxyl groups excluding tert-OH is 2. The van der Waals surface area contributed by atoms with Gasteiger partial charge in [-0.2, -0.15) is 0 Å². The van der Waals surface area contributed by atoms with E-state index in [0.29, 0.717) is 11.0 Å². The van der Waals surface area contributed by atoms with Gasteiger partial charge in [-0.1, -0.05) is 12.1 Å². The van der Waals surface area contributed by atoms with Crippen LogP contribution in [-0.2, 0) is 36.7 Å². The summed E-state index contributed by atoms with van der Waals surface area (Å²) in [6.45, 7) is -1.04. The highest BCUT2D eigenvalue weighted by molar-refractivity contribution is 7.79. The van der Waals surface area contributed by atoms with Gasteiger partial charge >= 0.3 is 9.25 Å². The maximum atomic E-state index is 13.7. The predicted molar refractivity (Wildman–Crippen MR) is 149 cm³/mol. The van der Waals surface area contributed by atoms with Gasteiger partial charge < -0.3 is 48.5 Å². The Bertz CT molecular complexity index is 1780. The van der Waals surface area contributed by atoms with Crippen molar-refractivity contribution in [3.05, 3.63) is 43.2 Å². The third kappa shape index (κ3) is 5.20. The number of hydrogen-bond acceptors (Lipinski definition) is 15. The number of benzene rings is 1. The Morgan fingerprint density at radius 1 is 0.907 bits per heavy atom. The van der Waals surface area contributed by atoms with Crippen LogP contribution in [0.2, 0.25) is 0 Å². The zero-order chi connectivity index (χ0) is 30.1. The van der Waals surface area contributed by atoms with Gasteiger partial charge in [0.1, 0.15) is 55.9 Å². The van der Waals surface area contributed by atoms with Crippen LogP contribution in [-0.4, -0.2) is 102 Å². The molecule has 21 heteroatoms. The summed E-state index contributed by atoms with van der Waals surface area (Å²) in [7, 11) is -9.81. The van der Waals surface area contributed by atoms with E-state index in [1.54, 1.807) is 28.8 Å². The summed E-state index contributed by atoms with van der Waals surface area (Å²) in [5.41, 5.74) is 7.65. The zero-order valence-electron chi connectivity index (χ0n) is 22.3. The molecule has 0 radical (unpaired) electrons. The Balaban J connectivity index is 0.00000343. The second kappa shape index (κ2) is 10.7. The number of nitrogens with zero attached hydrogens (tertiary/aromatic N) is 6. The number of para-hydroxylation sites is 2. The smallest absolute Gasteiger partial charge is 0.387 e. The van der Waals surface area contributed by atoms with Gasteiger partial charge in [0.15, 0.2) is 23.9 Å². The molecule has 18 nitrogen and oxygen atoms in total. The number of aliphatic hydroxyl groups is 2. The summed E-state index contributed by atoms with van der Waals surface area (Å²) in [6, 6.07) is 7.10. The monoisotopic (exact) mass is 639 g/mol. The molecule has 3 aliphatic rings. The van der Waals surface area contributed by atoms with E-state index in [4.69, 9.17) is 33.3 Å². The van der Waals surface area contributed by atoms with Crippen molar-refractivity contribution < 1.29 is 53.2 Å².